The van der Waals surface area contributed by atoms with Gasteiger partial charge in [-0.25, -0.2) is 0 Å². The van der Waals surface area contributed by atoms with E-state index in [0.29, 0.717) is 13.1 Å². The van der Waals surface area contributed by atoms with E-state index in [9.17, 15) is 9.59 Å². The Morgan fingerprint density at radius 3 is 2.35 bits per heavy atom. The SMILES string of the molecule is CC(C)N(Cc1ccncc1)C(=O)CC1C(=O)N(Cc2ccccc2)c2ccccc21. The first-order valence-corrected chi connectivity index (χ1v) is 10.7. The van der Waals surface area contributed by atoms with Gasteiger partial charge < -0.3 is 9.80 Å². The molecule has 1 aromatic heterocycles. The van der Waals surface area contributed by atoms with E-state index >= 15 is 0 Å². The highest BCUT2D eigenvalue weighted by atomic mass is 16.2. The minimum absolute atomic E-state index is 0.00831. The van der Waals surface area contributed by atoms with Gasteiger partial charge in [0.05, 0.1) is 12.5 Å². The van der Waals surface area contributed by atoms with Crippen LogP contribution in [-0.4, -0.2) is 27.7 Å². The summed E-state index contributed by atoms with van der Waals surface area (Å²) in [6, 6.07) is 21.6. The third kappa shape index (κ3) is 4.50. The van der Waals surface area contributed by atoms with Gasteiger partial charge in [0.15, 0.2) is 0 Å². The second-order valence-corrected chi connectivity index (χ2v) is 8.20. The Bertz CT molecular complexity index is 1050. The van der Waals surface area contributed by atoms with Crippen LogP contribution in [0.3, 0.4) is 0 Å². The fourth-order valence-electron chi connectivity index (χ4n) is 4.13. The molecule has 1 atom stereocenters. The second kappa shape index (κ2) is 9.13. The highest BCUT2D eigenvalue weighted by Gasteiger charge is 2.39. The van der Waals surface area contributed by atoms with Gasteiger partial charge in [-0.1, -0.05) is 48.5 Å². The number of carbonyl (C=O) groups is 2. The van der Waals surface area contributed by atoms with Crippen molar-refractivity contribution in [2.45, 2.75) is 45.3 Å². The number of carbonyl (C=O) groups excluding carboxylic acids is 2. The van der Waals surface area contributed by atoms with E-state index in [1.54, 1.807) is 12.4 Å². The quantitative estimate of drug-likeness (QED) is 0.571. The molecule has 3 aromatic rings. The fraction of sp³-hybridized carbons (Fsp3) is 0.269. The van der Waals surface area contributed by atoms with Crippen LogP contribution in [0.15, 0.2) is 79.1 Å². The maximum absolute atomic E-state index is 13.4. The average molecular weight is 414 g/mol. The van der Waals surface area contributed by atoms with Crippen molar-refractivity contribution in [1.29, 1.82) is 0 Å². The zero-order valence-electron chi connectivity index (χ0n) is 17.9. The molecule has 0 aliphatic carbocycles. The summed E-state index contributed by atoms with van der Waals surface area (Å²) in [5.74, 6) is -0.473. The highest BCUT2D eigenvalue weighted by molar-refractivity contribution is 6.06. The molecule has 0 saturated heterocycles. The maximum Gasteiger partial charge on any atom is 0.235 e. The molecule has 2 aromatic carbocycles. The number of amides is 2. The lowest BCUT2D eigenvalue weighted by atomic mass is 9.96. The number of hydrogen-bond acceptors (Lipinski definition) is 3. The first-order valence-electron chi connectivity index (χ1n) is 10.7. The van der Waals surface area contributed by atoms with Crippen molar-refractivity contribution in [2.75, 3.05) is 4.90 Å². The Balaban J connectivity index is 1.55. The molecule has 0 saturated carbocycles. The van der Waals surface area contributed by atoms with Crippen molar-refractivity contribution in [2.24, 2.45) is 0 Å². The Morgan fingerprint density at radius 1 is 0.968 bits per heavy atom. The molecule has 1 aliphatic rings. The van der Waals surface area contributed by atoms with Gasteiger partial charge >= 0.3 is 0 Å². The van der Waals surface area contributed by atoms with E-state index < -0.39 is 5.92 Å². The van der Waals surface area contributed by atoms with Crippen LogP contribution in [-0.2, 0) is 22.7 Å². The van der Waals surface area contributed by atoms with Crippen LogP contribution in [0.25, 0.3) is 0 Å². The molecule has 2 amide bonds. The smallest absolute Gasteiger partial charge is 0.235 e. The summed E-state index contributed by atoms with van der Waals surface area (Å²) in [4.78, 5) is 34.4. The van der Waals surface area contributed by atoms with Crippen molar-refractivity contribution in [3.8, 4) is 0 Å². The van der Waals surface area contributed by atoms with Crippen LogP contribution < -0.4 is 4.90 Å². The average Bonchev–Trinajstić information content (AvgIpc) is 3.04. The summed E-state index contributed by atoms with van der Waals surface area (Å²) in [7, 11) is 0. The van der Waals surface area contributed by atoms with E-state index in [1.807, 2.05) is 90.4 Å². The van der Waals surface area contributed by atoms with Crippen LogP contribution >= 0.6 is 0 Å². The standard InChI is InChI=1S/C26H27N3O2/c1-19(2)28(17-21-12-14-27-15-13-21)25(30)16-23-22-10-6-7-11-24(22)29(26(23)31)18-20-8-4-3-5-9-20/h3-15,19,23H,16-18H2,1-2H3. The monoisotopic (exact) mass is 413 g/mol. The normalized spacial score (nSPS) is 15.3. The van der Waals surface area contributed by atoms with Gasteiger partial charge in [-0.2, -0.15) is 0 Å². The van der Waals surface area contributed by atoms with E-state index in [-0.39, 0.29) is 24.3 Å². The molecule has 1 unspecified atom stereocenters. The van der Waals surface area contributed by atoms with Crippen LogP contribution in [0, 0.1) is 0 Å². The van der Waals surface area contributed by atoms with Gasteiger partial charge in [0.25, 0.3) is 0 Å². The molecule has 0 spiro atoms. The molecule has 1 aliphatic heterocycles. The summed E-state index contributed by atoms with van der Waals surface area (Å²) in [5.41, 5.74) is 3.93. The Kier molecular flexibility index (Phi) is 6.12. The van der Waals surface area contributed by atoms with Gasteiger partial charge in [0, 0.05) is 37.1 Å². The zero-order chi connectivity index (χ0) is 21.8. The number of benzene rings is 2. The van der Waals surface area contributed by atoms with Gasteiger partial charge in [-0.05, 0) is 48.7 Å². The molecule has 5 nitrogen and oxygen atoms in total. The number of para-hydroxylation sites is 1. The van der Waals surface area contributed by atoms with Gasteiger partial charge in [-0.15, -0.1) is 0 Å². The van der Waals surface area contributed by atoms with Crippen LogP contribution in [0.4, 0.5) is 5.69 Å². The minimum atomic E-state index is -0.453. The Morgan fingerprint density at radius 2 is 1.65 bits per heavy atom. The van der Waals surface area contributed by atoms with Crippen molar-refractivity contribution < 1.29 is 9.59 Å². The molecule has 4 rings (SSSR count). The molecular weight excluding hydrogens is 386 g/mol. The first-order chi connectivity index (χ1) is 15.0. The van der Waals surface area contributed by atoms with E-state index in [0.717, 1.165) is 22.4 Å². The van der Waals surface area contributed by atoms with Gasteiger partial charge in [0.2, 0.25) is 11.8 Å². The fourth-order valence-corrected chi connectivity index (χ4v) is 4.13. The summed E-state index contributed by atoms with van der Waals surface area (Å²) in [5, 5.41) is 0. The van der Waals surface area contributed by atoms with E-state index in [2.05, 4.69) is 4.98 Å². The van der Waals surface area contributed by atoms with Crippen molar-refractivity contribution >= 4 is 17.5 Å². The largest absolute Gasteiger partial charge is 0.336 e. The Hall–Kier alpha value is -3.47. The number of fused-ring (bicyclic) bond motifs is 1. The lowest BCUT2D eigenvalue weighted by molar-refractivity contribution is -0.135. The maximum atomic E-state index is 13.4. The lowest BCUT2D eigenvalue weighted by Gasteiger charge is -2.28. The van der Waals surface area contributed by atoms with Crippen LogP contribution in [0.5, 0.6) is 0 Å². The molecule has 31 heavy (non-hydrogen) atoms. The molecule has 2 heterocycles. The third-order valence-electron chi connectivity index (χ3n) is 5.78. The van der Waals surface area contributed by atoms with Crippen molar-refractivity contribution in [3.05, 3.63) is 95.8 Å². The number of aromatic nitrogens is 1. The number of anilines is 1. The summed E-state index contributed by atoms with van der Waals surface area (Å²) >= 11 is 0. The van der Waals surface area contributed by atoms with Crippen LogP contribution in [0.2, 0.25) is 0 Å². The Labute approximate surface area is 183 Å². The predicted molar refractivity (Wildman–Crippen MR) is 121 cm³/mol. The molecule has 0 bridgehead atoms. The summed E-state index contributed by atoms with van der Waals surface area (Å²) in [6.45, 7) is 5.03. The predicted octanol–water partition coefficient (Wildman–Crippen LogP) is 4.54. The third-order valence-corrected chi connectivity index (χ3v) is 5.78. The zero-order valence-corrected chi connectivity index (χ0v) is 17.9. The van der Waals surface area contributed by atoms with Crippen molar-refractivity contribution in [1.82, 2.24) is 9.88 Å². The number of nitrogens with zero attached hydrogens (tertiary/aromatic N) is 3. The highest BCUT2D eigenvalue weighted by Crippen LogP contribution is 2.40. The molecule has 0 fully saturated rings. The molecule has 0 radical (unpaired) electrons. The number of hydrogen-bond donors (Lipinski definition) is 0. The molecule has 158 valence electrons. The molecular formula is C26H27N3O2. The minimum Gasteiger partial charge on any atom is -0.336 e. The number of pyridine rings is 1. The molecule has 0 N–H and O–H groups in total. The van der Waals surface area contributed by atoms with Crippen molar-refractivity contribution in [3.63, 3.8) is 0 Å². The lowest BCUT2D eigenvalue weighted by Crippen LogP contribution is -2.38. The van der Waals surface area contributed by atoms with Crippen LogP contribution in [0.1, 0.15) is 42.9 Å². The summed E-state index contributed by atoms with van der Waals surface area (Å²) in [6.07, 6.45) is 3.64. The topological polar surface area (TPSA) is 53.5 Å². The molecule has 5 heteroatoms. The number of rotatable bonds is 7. The summed E-state index contributed by atoms with van der Waals surface area (Å²) < 4.78 is 0. The first kappa shape index (κ1) is 20.8. The van der Waals surface area contributed by atoms with E-state index in [4.69, 9.17) is 0 Å². The van der Waals surface area contributed by atoms with Gasteiger partial charge in [-0.3, -0.25) is 14.6 Å². The van der Waals surface area contributed by atoms with Gasteiger partial charge in [0.1, 0.15) is 0 Å². The van der Waals surface area contributed by atoms with E-state index in [1.165, 1.54) is 0 Å². The second-order valence-electron chi connectivity index (χ2n) is 8.20.